The van der Waals surface area contributed by atoms with E-state index in [-0.39, 0.29) is 18.0 Å². The van der Waals surface area contributed by atoms with Gasteiger partial charge in [-0.05, 0) is 69.0 Å². The summed E-state index contributed by atoms with van der Waals surface area (Å²) in [6.45, 7) is 0.963. The van der Waals surface area contributed by atoms with Crippen LogP contribution in [-0.4, -0.2) is 24.5 Å². The standard InChI is InChI=1S/C25H34N2O/c28-25(24-19-7-8-20-26-24)27-23(17-9-15-21-11-3-1-4-12-21)18-10-16-22-13-5-2-6-14-22/h1-6,11-14,23-24,26H,7-10,15-20H2,(H,27,28)/t24-/m1/s1. The molecule has 3 nitrogen and oxygen atoms in total. The lowest BCUT2D eigenvalue weighted by Crippen LogP contribution is -2.49. The lowest BCUT2D eigenvalue weighted by molar-refractivity contribution is -0.124. The number of nitrogens with one attached hydrogen (secondary N) is 2. The highest BCUT2D eigenvalue weighted by atomic mass is 16.2. The van der Waals surface area contributed by atoms with Crippen LogP contribution in [0.2, 0.25) is 0 Å². The first-order valence-corrected chi connectivity index (χ1v) is 10.9. The van der Waals surface area contributed by atoms with Crippen LogP contribution < -0.4 is 10.6 Å². The fraction of sp³-hybridized carbons (Fsp3) is 0.480. The van der Waals surface area contributed by atoms with Crippen molar-refractivity contribution in [1.82, 2.24) is 10.6 Å². The van der Waals surface area contributed by atoms with Gasteiger partial charge in [-0.3, -0.25) is 4.79 Å². The molecule has 1 heterocycles. The molecule has 1 fully saturated rings. The Hall–Kier alpha value is -2.13. The molecule has 0 bridgehead atoms. The summed E-state index contributed by atoms with van der Waals surface area (Å²) in [6, 6.07) is 21.6. The molecule has 1 atom stereocenters. The summed E-state index contributed by atoms with van der Waals surface area (Å²) < 4.78 is 0. The molecule has 1 amide bonds. The highest BCUT2D eigenvalue weighted by Crippen LogP contribution is 2.14. The van der Waals surface area contributed by atoms with Gasteiger partial charge in [-0.15, -0.1) is 0 Å². The van der Waals surface area contributed by atoms with E-state index in [2.05, 4.69) is 71.3 Å². The molecule has 0 radical (unpaired) electrons. The molecule has 0 unspecified atom stereocenters. The van der Waals surface area contributed by atoms with Gasteiger partial charge < -0.3 is 10.6 Å². The first-order valence-electron chi connectivity index (χ1n) is 10.9. The van der Waals surface area contributed by atoms with Gasteiger partial charge in [0.25, 0.3) is 0 Å². The Morgan fingerprint density at radius 1 is 0.893 bits per heavy atom. The zero-order chi connectivity index (χ0) is 19.4. The van der Waals surface area contributed by atoms with Gasteiger partial charge in [0.05, 0.1) is 6.04 Å². The molecule has 0 aromatic heterocycles. The molecule has 2 aromatic carbocycles. The summed E-state index contributed by atoms with van der Waals surface area (Å²) >= 11 is 0. The molecule has 2 N–H and O–H groups in total. The van der Waals surface area contributed by atoms with Crippen LogP contribution in [0.25, 0.3) is 0 Å². The molecule has 1 aliphatic rings. The van der Waals surface area contributed by atoms with E-state index in [0.717, 1.165) is 57.9 Å². The number of rotatable bonds is 10. The third-order valence-corrected chi connectivity index (χ3v) is 5.69. The molecule has 3 heteroatoms. The van der Waals surface area contributed by atoms with E-state index in [0.29, 0.717) is 0 Å². The molecule has 28 heavy (non-hydrogen) atoms. The predicted octanol–water partition coefficient (Wildman–Crippen LogP) is 4.66. The average molecular weight is 379 g/mol. The third-order valence-electron chi connectivity index (χ3n) is 5.69. The van der Waals surface area contributed by atoms with Crippen LogP contribution >= 0.6 is 0 Å². The van der Waals surface area contributed by atoms with Gasteiger partial charge in [0.1, 0.15) is 0 Å². The lowest BCUT2D eigenvalue weighted by atomic mass is 9.98. The highest BCUT2D eigenvalue weighted by Gasteiger charge is 2.22. The number of carbonyl (C=O) groups excluding carboxylic acids is 1. The summed E-state index contributed by atoms with van der Waals surface area (Å²) in [6.07, 6.45) is 9.76. The zero-order valence-electron chi connectivity index (χ0n) is 16.9. The van der Waals surface area contributed by atoms with E-state index in [1.807, 2.05) is 0 Å². The molecule has 1 saturated heterocycles. The van der Waals surface area contributed by atoms with Gasteiger partial charge in [-0.2, -0.15) is 0 Å². The van der Waals surface area contributed by atoms with Gasteiger partial charge in [0.15, 0.2) is 0 Å². The van der Waals surface area contributed by atoms with Crippen molar-refractivity contribution < 1.29 is 4.79 Å². The normalized spacial score (nSPS) is 16.8. The summed E-state index contributed by atoms with van der Waals surface area (Å²) in [5.74, 6) is 0.198. The van der Waals surface area contributed by atoms with Crippen LogP contribution in [0.3, 0.4) is 0 Å². The number of carbonyl (C=O) groups is 1. The van der Waals surface area contributed by atoms with Crippen LogP contribution in [-0.2, 0) is 17.6 Å². The van der Waals surface area contributed by atoms with E-state index in [9.17, 15) is 4.79 Å². The minimum Gasteiger partial charge on any atom is -0.352 e. The molecule has 0 aliphatic carbocycles. The highest BCUT2D eigenvalue weighted by molar-refractivity contribution is 5.82. The maximum atomic E-state index is 12.7. The number of piperidine rings is 1. The molecule has 0 saturated carbocycles. The van der Waals surface area contributed by atoms with Crippen molar-refractivity contribution in [3.05, 3.63) is 71.8 Å². The topological polar surface area (TPSA) is 41.1 Å². The fourth-order valence-corrected chi connectivity index (χ4v) is 4.06. The number of hydrogen-bond acceptors (Lipinski definition) is 2. The van der Waals surface area contributed by atoms with E-state index in [4.69, 9.17) is 0 Å². The van der Waals surface area contributed by atoms with Crippen LogP contribution in [0.1, 0.15) is 56.1 Å². The third kappa shape index (κ3) is 7.12. The molecule has 1 aliphatic heterocycles. The lowest BCUT2D eigenvalue weighted by Gasteiger charge is -2.26. The van der Waals surface area contributed by atoms with Gasteiger partial charge in [0, 0.05) is 6.04 Å². The Morgan fingerprint density at radius 2 is 1.46 bits per heavy atom. The van der Waals surface area contributed by atoms with Crippen LogP contribution in [0.4, 0.5) is 0 Å². The van der Waals surface area contributed by atoms with Crippen LogP contribution in [0.15, 0.2) is 60.7 Å². The van der Waals surface area contributed by atoms with Gasteiger partial charge >= 0.3 is 0 Å². The average Bonchev–Trinajstić information content (AvgIpc) is 2.75. The van der Waals surface area contributed by atoms with Gasteiger partial charge in [-0.25, -0.2) is 0 Å². The van der Waals surface area contributed by atoms with Crippen molar-refractivity contribution in [3.8, 4) is 0 Å². The molecule has 150 valence electrons. The number of amides is 1. The maximum absolute atomic E-state index is 12.7. The van der Waals surface area contributed by atoms with E-state index >= 15 is 0 Å². The van der Waals surface area contributed by atoms with Crippen molar-refractivity contribution in [2.24, 2.45) is 0 Å². The summed E-state index contributed by atoms with van der Waals surface area (Å²) in [4.78, 5) is 12.7. The first kappa shape index (κ1) is 20.6. The second kappa shape index (κ2) is 11.7. The van der Waals surface area contributed by atoms with Crippen molar-refractivity contribution in [2.45, 2.75) is 69.9 Å². The fourth-order valence-electron chi connectivity index (χ4n) is 4.06. The summed E-state index contributed by atoms with van der Waals surface area (Å²) in [7, 11) is 0. The molecular formula is C25H34N2O. The summed E-state index contributed by atoms with van der Waals surface area (Å²) in [5, 5.41) is 6.73. The SMILES string of the molecule is O=C(NC(CCCc1ccccc1)CCCc1ccccc1)[C@H]1CCCCN1. The summed E-state index contributed by atoms with van der Waals surface area (Å²) in [5.41, 5.74) is 2.76. The molecule has 3 rings (SSSR count). The second-order valence-electron chi connectivity index (χ2n) is 7.96. The Bertz CT molecular complexity index is 635. The zero-order valence-corrected chi connectivity index (χ0v) is 16.9. The monoisotopic (exact) mass is 378 g/mol. The van der Waals surface area contributed by atoms with Crippen molar-refractivity contribution in [2.75, 3.05) is 6.54 Å². The minimum atomic E-state index is -0.000466. The van der Waals surface area contributed by atoms with Crippen molar-refractivity contribution >= 4 is 5.91 Å². The molecular weight excluding hydrogens is 344 g/mol. The minimum absolute atomic E-state index is 0.000466. The molecule has 0 spiro atoms. The van der Waals surface area contributed by atoms with Gasteiger partial charge in [-0.1, -0.05) is 67.1 Å². The first-order chi connectivity index (χ1) is 13.8. The smallest absolute Gasteiger partial charge is 0.237 e. The van der Waals surface area contributed by atoms with Crippen LogP contribution in [0, 0.1) is 0 Å². The quantitative estimate of drug-likeness (QED) is 0.631. The second-order valence-corrected chi connectivity index (χ2v) is 7.96. The Balaban J connectivity index is 1.49. The van der Waals surface area contributed by atoms with Crippen molar-refractivity contribution in [1.29, 1.82) is 0 Å². The number of hydrogen-bond donors (Lipinski definition) is 2. The van der Waals surface area contributed by atoms with E-state index in [1.54, 1.807) is 0 Å². The molecule has 2 aromatic rings. The Labute approximate surface area is 169 Å². The van der Waals surface area contributed by atoms with Crippen LogP contribution in [0.5, 0.6) is 0 Å². The van der Waals surface area contributed by atoms with E-state index in [1.165, 1.54) is 17.5 Å². The maximum Gasteiger partial charge on any atom is 0.237 e. The van der Waals surface area contributed by atoms with Gasteiger partial charge in [0.2, 0.25) is 5.91 Å². The number of benzene rings is 2. The Morgan fingerprint density at radius 3 is 1.96 bits per heavy atom. The largest absolute Gasteiger partial charge is 0.352 e. The predicted molar refractivity (Wildman–Crippen MR) is 116 cm³/mol. The van der Waals surface area contributed by atoms with Crippen molar-refractivity contribution in [3.63, 3.8) is 0 Å². The number of aryl methyl sites for hydroxylation is 2. The van der Waals surface area contributed by atoms with E-state index < -0.39 is 0 Å². The Kier molecular flexibility index (Phi) is 8.57.